The Morgan fingerprint density at radius 3 is 2.76 bits per heavy atom. The predicted molar refractivity (Wildman–Crippen MR) is 101 cm³/mol. The number of nitrogens with zero attached hydrogens (tertiary/aromatic N) is 3. The highest BCUT2D eigenvalue weighted by atomic mass is 35.5. The summed E-state index contributed by atoms with van der Waals surface area (Å²) >= 11 is 7.48. The molecule has 6 nitrogen and oxygen atoms in total. The average Bonchev–Trinajstić information content (AvgIpc) is 2.97. The maximum Gasteiger partial charge on any atom is 0.271 e. The van der Waals surface area contributed by atoms with Crippen molar-refractivity contribution in [2.45, 2.75) is 6.92 Å². The number of aromatic nitrogens is 2. The summed E-state index contributed by atoms with van der Waals surface area (Å²) in [5, 5.41) is 8.13. The molecule has 0 unspecified atom stereocenters. The summed E-state index contributed by atoms with van der Waals surface area (Å²) in [5.41, 5.74) is 4.99. The third-order valence-corrected chi connectivity index (χ3v) is 4.59. The third-order valence-electron chi connectivity index (χ3n) is 3.29. The Balaban J connectivity index is 1.66. The first-order chi connectivity index (χ1) is 12.1. The zero-order chi connectivity index (χ0) is 17.6. The number of pyridine rings is 1. The molecule has 0 spiro atoms. The van der Waals surface area contributed by atoms with Crippen molar-refractivity contribution >= 4 is 45.9 Å². The maximum atomic E-state index is 11.9. The van der Waals surface area contributed by atoms with Crippen LogP contribution >= 0.6 is 22.9 Å². The van der Waals surface area contributed by atoms with Crippen molar-refractivity contribution < 1.29 is 4.79 Å². The zero-order valence-electron chi connectivity index (χ0n) is 13.2. The lowest BCUT2D eigenvalue weighted by molar-refractivity contribution is 0.0955. The third kappa shape index (κ3) is 4.40. The molecule has 0 bridgehead atoms. The van der Waals surface area contributed by atoms with Crippen LogP contribution < -0.4 is 10.7 Å². The topological polar surface area (TPSA) is 79.3 Å². The van der Waals surface area contributed by atoms with Crippen LogP contribution in [0.3, 0.4) is 0 Å². The van der Waals surface area contributed by atoms with E-state index >= 15 is 0 Å². The van der Waals surface area contributed by atoms with Gasteiger partial charge in [-0.2, -0.15) is 5.10 Å². The Kier molecular flexibility index (Phi) is 5.37. The highest BCUT2D eigenvalue weighted by Crippen LogP contribution is 2.28. The number of amides is 1. The molecule has 0 saturated carbocycles. The quantitative estimate of drug-likeness (QED) is 0.524. The van der Waals surface area contributed by atoms with Gasteiger partial charge in [0, 0.05) is 23.6 Å². The number of hydrogen-bond acceptors (Lipinski definition) is 6. The van der Waals surface area contributed by atoms with E-state index < -0.39 is 0 Å². The lowest BCUT2D eigenvalue weighted by Gasteiger charge is -2.05. The van der Waals surface area contributed by atoms with Gasteiger partial charge in [-0.1, -0.05) is 41.1 Å². The summed E-state index contributed by atoms with van der Waals surface area (Å²) in [4.78, 5) is 20.7. The van der Waals surface area contributed by atoms with Crippen molar-refractivity contribution in [3.05, 3.63) is 69.9 Å². The zero-order valence-corrected chi connectivity index (χ0v) is 14.8. The normalized spacial score (nSPS) is 10.8. The number of thiazole rings is 1. The molecule has 0 radical (unpaired) electrons. The molecule has 2 aromatic heterocycles. The highest BCUT2D eigenvalue weighted by molar-refractivity contribution is 7.17. The minimum Gasteiger partial charge on any atom is -0.331 e. The van der Waals surface area contributed by atoms with Gasteiger partial charge in [0.15, 0.2) is 10.3 Å². The Morgan fingerprint density at radius 1 is 1.24 bits per heavy atom. The number of benzene rings is 1. The first-order valence-electron chi connectivity index (χ1n) is 7.36. The number of carbonyl (C=O) groups is 1. The smallest absolute Gasteiger partial charge is 0.271 e. The summed E-state index contributed by atoms with van der Waals surface area (Å²) in [6.07, 6.45) is 4.56. The molecule has 2 N–H and O–H groups in total. The van der Waals surface area contributed by atoms with Crippen molar-refractivity contribution in [1.82, 2.24) is 15.4 Å². The standard InChI is InChI=1S/C17H14ClN5OS/c1-11-4-2-3-5-13(11)21-17-22-15(18)14(25-17)10-20-23-16(24)12-6-8-19-9-7-12/h2-10H,1H3,(H,21,22)(H,23,24)/b20-10+. The Morgan fingerprint density at radius 2 is 2.00 bits per heavy atom. The number of para-hydroxylation sites is 1. The van der Waals surface area contributed by atoms with E-state index in [1.54, 1.807) is 24.5 Å². The van der Waals surface area contributed by atoms with E-state index in [9.17, 15) is 4.79 Å². The van der Waals surface area contributed by atoms with Crippen molar-refractivity contribution in [3.8, 4) is 0 Å². The largest absolute Gasteiger partial charge is 0.331 e. The molecule has 0 aliphatic rings. The second kappa shape index (κ2) is 7.87. The minimum absolute atomic E-state index is 0.322. The number of anilines is 2. The summed E-state index contributed by atoms with van der Waals surface area (Å²) in [7, 11) is 0. The fourth-order valence-electron chi connectivity index (χ4n) is 1.99. The summed E-state index contributed by atoms with van der Waals surface area (Å²) in [5.74, 6) is -0.322. The van der Waals surface area contributed by atoms with Crippen LogP contribution in [0.2, 0.25) is 5.15 Å². The molecule has 0 saturated heterocycles. The Hall–Kier alpha value is -2.77. The van der Waals surface area contributed by atoms with Gasteiger partial charge in [-0.15, -0.1) is 0 Å². The van der Waals surface area contributed by atoms with E-state index in [0.717, 1.165) is 11.3 Å². The number of aryl methyl sites for hydroxylation is 1. The van der Waals surface area contributed by atoms with Gasteiger partial charge in [-0.3, -0.25) is 9.78 Å². The van der Waals surface area contributed by atoms with Gasteiger partial charge in [0.05, 0.1) is 11.1 Å². The molecule has 3 aromatic rings. The number of carbonyl (C=O) groups excluding carboxylic acids is 1. The lowest BCUT2D eigenvalue weighted by atomic mass is 10.2. The SMILES string of the molecule is Cc1ccccc1Nc1nc(Cl)c(/C=N/NC(=O)c2ccncc2)s1. The molecule has 3 rings (SSSR count). The van der Waals surface area contributed by atoms with Crippen LogP contribution in [0.25, 0.3) is 0 Å². The first-order valence-corrected chi connectivity index (χ1v) is 8.55. The van der Waals surface area contributed by atoms with Crippen molar-refractivity contribution in [3.63, 3.8) is 0 Å². The Labute approximate surface area is 153 Å². The van der Waals surface area contributed by atoms with Crippen LogP contribution in [0.1, 0.15) is 20.8 Å². The number of halogens is 1. The first kappa shape index (κ1) is 17.1. The number of rotatable bonds is 5. The van der Waals surface area contributed by atoms with Crippen molar-refractivity contribution in [2.24, 2.45) is 5.10 Å². The van der Waals surface area contributed by atoms with Crippen LogP contribution in [0.15, 0.2) is 53.9 Å². The summed E-state index contributed by atoms with van der Waals surface area (Å²) in [6, 6.07) is 11.1. The van der Waals surface area contributed by atoms with E-state index in [1.807, 2.05) is 31.2 Å². The maximum absolute atomic E-state index is 11.9. The molecular weight excluding hydrogens is 358 g/mol. The molecule has 8 heteroatoms. The predicted octanol–water partition coefficient (Wildman–Crippen LogP) is 4.01. The van der Waals surface area contributed by atoms with E-state index in [2.05, 4.69) is 25.8 Å². The number of nitrogens with one attached hydrogen (secondary N) is 2. The molecule has 0 atom stereocenters. The van der Waals surface area contributed by atoms with Crippen molar-refractivity contribution in [1.29, 1.82) is 0 Å². The molecule has 0 fully saturated rings. The molecule has 0 aliphatic heterocycles. The second-order valence-corrected chi connectivity index (χ2v) is 6.44. The fraction of sp³-hybridized carbons (Fsp3) is 0.0588. The van der Waals surface area contributed by atoms with Gasteiger partial charge < -0.3 is 5.32 Å². The molecule has 1 aromatic carbocycles. The van der Waals surface area contributed by atoms with Crippen LogP contribution in [-0.4, -0.2) is 22.1 Å². The molecule has 2 heterocycles. The second-order valence-electron chi connectivity index (χ2n) is 5.05. The molecule has 1 amide bonds. The lowest BCUT2D eigenvalue weighted by Crippen LogP contribution is -2.17. The van der Waals surface area contributed by atoms with Crippen molar-refractivity contribution in [2.75, 3.05) is 5.32 Å². The highest BCUT2D eigenvalue weighted by Gasteiger charge is 2.09. The number of hydrazone groups is 1. The monoisotopic (exact) mass is 371 g/mol. The van der Waals surface area contributed by atoms with Gasteiger partial charge >= 0.3 is 0 Å². The van der Waals surface area contributed by atoms with Gasteiger partial charge in [0.25, 0.3) is 5.91 Å². The van der Waals surface area contributed by atoms with Gasteiger partial charge in [0.1, 0.15) is 0 Å². The van der Waals surface area contributed by atoms with E-state index in [1.165, 1.54) is 17.6 Å². The van der Waals surface area contributed by atoms with Gasteiger partial charge in [-0.05, 0) is 30.7 Å². The molecule has 126 valence electrons. The van der Waals surface area contributed by atoms with E-state index in [4.69, 9.17) is 11.6 Å². The fourth-order valence-corrected chi connectivity index (χ4v) is 3.03. The summed E-state index contributed by atoms with van der Waals surface area (Å²) in [6.45, 7) is 2.01. The van der Waals surface area contributed by atoms with Crippen LogP contribution in [0, 0.1) is 6.92 Å². The average molecular weight is 372 g/mol. The van der Waals surface area contributed by atoms with E-state index in [-0.39, 0.29) is 5.91 Å². The van der Waals surface area contributed by atoms with Gasteiger partial charge in [-0.25, -0.2) is 10.4 Å². The Bertz CT molecular complexity index is 910. The van der Waals surface area contributed by atoms with E-state index in [0.29, 0.717) is 20.7 Å². The minimum atomic E-state index is -0.322. The van der Waals surface area contributed by atoms with Crippen LogP contribution in [0.4, 0.5) is 10.8 Å². The van der Waals surface area contributed by atoms with Crippen LogP contribution in [-0.2, 0) is 0 Å². The molecule has 0 aliphatic carbocycles. The van der Waals surface area contributed by atoms with Gasteiger partial charge in [0.2, 0.25) is 0 Å². The van der Waals surface area contributed by atoms with Crippen LogP contribution in [0.5, 0.6) is 0 Å². The number of hydrogen-bond donors (Lipinski definition) is 2. The molecular formula is C17H14ClN5OS. The molecule has 25 heavy (non-hydrogen) atoms. The summed E-state index contributed by atoms with van der Waals surface area (Å²) < 4.78 is 0.